The first kappa shape index (κ1) is 18.9. The summed E-state index contributed by atoms with van der Waals surface area (Å²) in [7, 11) is 0. The van der Waals surface area contributed by atoms with Gasteiger partial charge in [-0.15, -0.1) is 10.2 Å². The van der Waals surface area contributed by atoms with Gasteiger partial charge in [0.1, 0.15) is 11.4 Å². The number of nitrogens with one attached hydrogen (secondary N) is 1. The Hall–Kier alpha value is -2.90. The molecule has 27 heavy (non-hydrogen) atoms. The van der Waals surface area contributed by atoms with Gasteiger partial charge in [0, 0.05) is 31.9 Å². The second-order valence-corrected chi connectivity index (χ2v) is 7.35. The minimum atomic E-state index is -0.568. The average molecular weight is 373 g/mol. The molecule has 8 heteroatoms. The highest BCUT2D eigenvalue weighted by Crippen LogP contribution is 2.20. The molecule has 1 N–H and O–H groups in total. The van der Waals surface area contributed by atoms with Gasteiger partial charge >= 0.3 is 6.09 Å². The minimum absolute atomic E-state index is 0.229. The van der Waals surface area contributed by atoms with Crippen LogP contribution in [0.5, 0.6) is 0 Å². The molecule has 1 aromatic carbocycles. The second kappa shape index (κ2) is 7.77. The van der Waals surface area contributed by atoms with Crippen molar-refractivity contribution in [3.63, 3.8) is 0 Å². The molecule has 1 aliphatic heterocycles. The Bertz CT molecular complexity index is 766. The Kier molecular flexibility index (Phi) is 5.43. The van der Waals surface area contributed by atoms with Gasteiger partial charge in [0.15, 0.2) is 11.6 Å². The van der Waals surface area contributed by atoms with Crippen LogP contribution < -0.4 is 15.1 Å². The van der Waals surface area contributed by atoms with Crippen molar-refractivity contribution in [1.82, 2.24) is 10.2 Å². The second-order valence-electron chi connectivity index (χ2n) is 7.35. The zero-order chi connectivity index (χ0) is 19.4. The van der Waals surface area contributed by atoms with Gasteiger partial charge in [0.2, 0.25) is 0 Å². The molecule has 144 valence electrons. The lowest BCUT2D eigenvalue weighted by molar-refractivity contribution is 0.0635. The number of benzene rings is 1. The summed E-state index contributed by atoms with van der Waals surface area (Å²) in [6.07, 6.45) is -0.558. The third-order valence-electron chi connectivity index (χ3n) is 4.07. The number of hydrogen-bond donors (Lipinski definition) is 1. The molecule has 1 fully saturated rings. The van der Waals surface area contributed by atoms with Crippen LogP contribution in [-0.2, 0) is 4.74 Å². The molecule has 1 amide bonds. The van der Waals surface area contributed by atoms with Gasteiger partial charge in [-0.05, 0) is 57.2 Å². The molecule has 0 aliphatic carbocycles. The van der Waals surface area contributed by atoms with Crippen LogP contribution in [0.1, 0.15) is 20.8 Å². The predicted octanol–water partition coefficient (Wildman–Crippen LogP) is 3.29. The molecule has 0 spiro atoms. The molecule has 2 heterocycles. The molecule has 0 bridgehead atoms. The Labute approximate surface area is 158 Å². The number of nitrogens with zero attached hydrogens (tertiary/aromatic N) is 4. The van der Waals surface area contributed by atoms with Crippen molar-refractivity contribution in [2.45, 2.75) is 26.4 Å². The number of aromatic nitrogens is 2. The molecule has 0 atom stereocenters. The van der Waals surface area contributed by atoms with E-state index in [1.165, 1.54) is 12.1 Å². The minimum Gasteiger partial charge on any atom is -0.444 e. The summed E-state index contributed by atoms with van der Waals surface area (Å²) in [6, 6.07) is 10.1. The maximum atomic E-state index is 13.1. The van der Waals surface area contributed by atoms with Crippen LogP contribution in [-0.4, -0.2) is 48.1 Å². The van der Waals surface area contributed by atoms with Crippen molar-refractivity contribution in [2.75, 3.05) is 41.3 Å². The zero-order valence-electron chi connectivity index (χ0n) is 15.8. The summed E-state index contributed by atoms with van der Waals surface area (Å²) in [6.45, 7) is 8.58. The van der Waals surface area contributed by atoms with Gasteiger partial charge in [-0.1, -0.05) is 0 Å². The number of piperazine rings is 1. The van der Waals surface area contributed by atoms with Crippen molar-refractivity contribution >= 4 is 23.4 Å². The van der Waals surface area contributed by atoms with Crippen LogP contribution in [0.4, 0.5) is 26.5 Å². The van der Waals surface area contributed by atoms with E-state index < -0.39 is 11.7 Å². The topological polar surface area (TPSA) is 70.6 Å². The van der Waals surface area contributed by atoms with E-state index in [4.69, 9.17) is 4.74 Å². The maximum Gasteiger partial charge on any atom is 0.413 e. The van der Waals surface area contributed by atoms with Gasteiger partial charge in [-0.3, -0.25) is 5.32 Å². The number of carbonyl (C=O) groups is 1. The van der Waals surface area contributed by atoms with E-state index in [-0.39, 0.29) is 5.82 Å². The Morgan fingerprint density at radius 3 is 2.19 bits per heavy atom. The lowest BCUT2D eigenvalue weighted by Gasteiger charge is -2.36. The first-order chi connectivity index (χ1) is 12.8. The van der Waals surface area contributed by atoms with E-state index >= 15 is 0 Å². The smallest absolute Gasteiger partial charge is 0.413 e. The molecule has 1 saturated heterocycles. The number of ether oxygens (including phenoxy) is 1. The van der Waals surface area contributed by atoms with Gasteiger partial charge in [-0.25, -0.2) is 9.18 Å². The number of amides is 1. The number of hydrogen-bond acceptors (Lipinski definition) is 6. The fourth-order valence-electron chi connectivity index (χ4n) is 2.81. The van der Waals surface area contributed by atoms with Crippen molar-refractivity contribution in [3.05, 3.63) is 42.2 Å². The van der Waals surface area contributed by atoms with Gasteiger partial charge in [0.25, 0.3) is 0 Å². The number of anilines is 3. The largest absolute Gasteiger partial charge is 0.444 e. The monoisotopic (exact) mass is 373 g/mol. The van der Waals surface area contributed by atoms with Crippen LogP contribution in [0.15, 0.2) is 36.4 Å². The third-order valence-corrected chi connectivity index (χ3v) is 4.07. The Morgan fingerprint density at radius 2 is 1.63 bits per heavy atom. The lowest BCUT2D eigenvalue weighted by Crippen LogP contribution is -2.46. The van der Waals surface area contributed by atoms with Gasteiger partial charge in [0.05, 0.1) is 0 Å². The Morgan fingerprint density at radius 1 is 1.00 bits per heavy atom. The van der Waals surface area contributed by atoms with Crippen molar-refractivity contribution < 1.29 is 13.9 Å². The van der Waals surface area contributed by atoms with Crippen LogP contribution >= 0.6 is 0 Å². The highest BCUT2D eigenvalue weighted by molar-refractivity contribution is 5.83. The first-order valence-corrected chi connectivity index (χ1v) is 8.89. The fraction of sp³-hybridized carbons (Fsp3) is 0.421. The number of rotatable bonds is 3. The summed E-state index contributed by atoms with van der Waals surface area (Å²) < 4.78 is 18.2. The number of halogens is 1. The average Bonchev–Trinajstić information content (AvgIpc) is 2.62. The molecule has 3 rings (SSSR count). The summed E-state index contributed by atoms with van der Waals surface area (Å²) in [4.78, 5) is 16.1. The molecule has 1 aromatic heterocycles. The van der Waals surface area contributed by atoms with Gasteiger partial charge in [-0.2, -0.15) is 0 Å². The van der Waals surface area contributed by atoms with Crippen LogP contribution in [0.3, 0.4) is 0 Å². The SMILES string of the molecule is CC(C)(C)OC(=O)Nc1ccc(N2CCN(c3ccc(F)cc3)CC2)nn1. The molecule has 0 unspecified atom stereocenters. The molecule has 2 aromatic rings. The Balaban J connectivity index is 1.54. The van der Waals surface area contributed by atoms with Crippen LogP contribution in [0.2, 0.25) is 0 Å². The number of carbonyl (C=O) groups excluding carboxylic acids is 1. The van der Waals surface area contributed by atoms with Crippen LogP contribution in [0.25, 0.3) is 0 Å². The summed E-state index contributed by atoms with van der Waals surface area (Å²) in [5.41, 5.74) is 0.445. The molecule has 7 nitrogen and oxygen atoms in total. The first-order valence-electron chi connectivity index (χ1n) is 8.89. The molecular formula is C19H24FN5O2. The van der Waals surface area contributed by atoms with Gasteiger partial charge < -0.3 is 14.5 Å². The zero-order valence-corrected chi connectivity index (χ0v) is 15.8. The maximum absolute atomic E-state index is 13.1. The highest BCUT2D eigenvalue weighted by atomic mass is 19.1. The van der Waals surface area contributed by atoms with E-state index in [2.05, 4.69) is 25.3 Å². The molecule has 0 saturated carbocycles. The summed E-state index contributed by atoms with van der Waals surface area (Å²) in [5.74, 6) is 0.870. The van der Waals surface area contributed by atoms with E-state index in [1.54, 1.807) is 39.0 Å². The normalized spacial score (nSPS) is 14.8. The van der Waals surface area contributed by atoms with Crippen molar-refractivity contribution in [2.24, 2.45) is 0 Å². The molecule has 1 aliphatic rings. The standard InChI is InChI=1S/C19H24FN5O2/c1-19(2,3)27-18(26)21-16-8-9-17(23-22-16)25-12-10-24(11-13-25)15-6-4-14(20)5-7-15/h4-9H,10-13H2,1-3H3,(H,21,22,26). The molecular weight excluding hydrogens is 349 g/mol. The van der Waals surface area contributed by atoms with E-state index in [1.807, 2.05) is 6.07 Å². The van der Waals surface area contributed by atoms with Crippen LogP contribution in [0, 0.1) is 5.82 Å². The van der Waals surface area contributed by atoms with E-state index in [0.29, 0.717) is 5.82 Å². The van der Waals surface area contributed by atoms with Crippen molar-refractivity contribution in [1.29, 1.82) is 0 Å². The summed E-state index contributed by atoms with van der Waals surface area (Å²) >= 11 is 0. The highest BCUT2D eigenvalue weighted by Gasteiger charge is 2.20. The van der Waals surface area contributed by atoms with E-state index in [0.717, 1.165) is 37.7 Å². The van der Waals surface area contributed by atoms with E-state index in [9.17, 15) is 9.18 Å². The molecule has 0 radical (unpaired) electrons. The predicted molar refractivity (Wildman–Crippen MR) is 103 cm³/mol. The lowest BCUT2D eigenvalue weighted by atomic mass is 10.2. The fourth-order valence-corrected chi connectivity index (χ4v) is 2.81. The quantitative estimate of drug-likeness (QED) is 0.890. The van der Waals surface area contributed by atoms with Crippen molar-refractivity contribution in [3.8, 4) is 0 Å². The third kappa shape index (κ3) is 5.29. The summed E-state index contributed by atoms with van der Waals surface area (Å²) in [5, 5.41) is 10.8.